The molecule has 4 nitrogen and oxygen atoms in total. The molecule has 0 N–H and O–H groups in total. The molecule has 0 spiro atoms. The van der Waals surface area contributed by atoms with Gasteiger partial charge in [-0.3, -0.25) is 9.69 Å². The first-order chi connectivity index (χ1) is 8.66. The van der Waals surface area contributed by atoms with Crippen molar-refractivity contribution in [2.75, 3.05) is 6.54 Å². The van der Waals surface area contributed by atoms with E-state index in [9.17, 15) is 14.0 Å². The van der Waals surface area contributed by atoms with Crippen molar-refractivity contribution < 1.29 is 14.0 Å². The third-order valence-electron chi connectivity index (χ3n) is 3.53. The van der Waals surface area contributed by atoms with Crippen LogP contribution in [0.5, 0.6) is 0 Å². The predicted octanol–water partition coefficient (Wildman–Crippen LogP) is 1.75. The van der Waals surface area contributed by atoms with Crippen LogP contribution in [-0.4, -0.2) is 34.3 Å². The first-order valence-corrected chi connectivity index (χ1v) is 6.03. The largest absolute Gasteiger partial charge is 0.327 e. The molecule has 3 rings (SSSR count). The Morgan fingerprint density at radius 2 is 1.94 bits per heavy atom. The van der Waals surface area contributed by atoms with Gasteiger partial charge in [-0.05, 0) is 30.5 Å². The minimum atomic E-state index is -0.321. The van der Waals surface area contributed by atoms with Gasteiger partial charge in [-0.25, -0.2) is 9.18 Å². The first-order valence-electron chi connectivity index (χ1n) is 6.03. The van der Waals surface area contributed by atoms with Crippen LogP contribution in [0, 0.1) is 5.82 Å². The molecule has 18 heavy (non-hydrogen) atoms. The number of imide groups is 1. The molecule has 94 valence electrons. The second-order valence-corrected chi connectivity index (χ2v) is 4.68. The van der Waals surface area contributed by atoms with Crippen molar-refractivity contribution in [3.8, 4) is 0 Å². The summed E-state index contributed by atoms with van der Waals surface area (Å²) in [7, 11) is 0. The molecule has 1 aromatic rings. The van der Waals surface area contributed by atoms with E-state index in [4.69, 9.17) is 0 Å². The fraction of sp³-hybridized carbons (Fsp3) is 0.385. The van der Waals surface area contributed by atoms with Crippen molar-refractivity contribution in [3.63, 3.8) is 0 Å². The Kier molecular flexibility index (Phi) is 2.54. The number of benzene rings is 1. The van der Waals surface area contributed by atoms with Gasteiger partial charge in [0.1, 0.15) is 11.9 Å². The van der Waals surface area contributed by atoms with Crippen LogP contribution in [-0.2, 0) is 11.3 Å². The van der Waals surface area contributed by atoms with Crippen LogP contribution in [0.15, 0.2) is 24.3 Å². The Labute approximate surface area is 104 Å². The minimum absolute atomic E-state index is 0.123. The van der Waals surface area contributed by atoms with Crippen molar-refractivity contribution >= 4 is 11.9 Å². The van der Waals surface area contributed by atoms with Crippen molar-refractivity contribution in [1.82, 2.24) is 9.80 Å². The van der Waals surface area contributed by atoms with Crippen LogP contribution >= 0.6 is 0 Å². The quantitative estimate of drug-likeness (QED) is 0.748. The maximum absolute atomic E-state index is 12.8. The van der Waals surface area contributed by atoms with Crippen molar-refractivity contribution in [2.45, 2.75) is 25.4 Å². The van der Waals surface area contributed by atoms with E-state index in [2.05, 4.69) is 0 Å². The van der Waals surface area contributed by atoms with Gasteiger partial charge in [0.15, 0.2) is 0 Å². The average molecular weight is 248 g/mol. The lowest BCUT2D eigenvalue weighted by atomic mass is 10.2. The van der Waals surface area contributed by atoms with Crippen molar-refractivity contribution in [3.05, 3.63) is 35.6 Å². The van der Waals surface area contributed by atoms with Crippen molar-refractivity contribution in [2.24, 2.45) is 0 Å². The topological polar surface area (TPSA) is 40.6 Å². The van der Waals surface area contributed by atoms with Crippen LogP contribution in [0.2, 0.25) is 0 Å². The molecular formula is C13H13FN2O2. The van der Waals surface area contributed by atoms with Gasteiger partial charge in [0.05, 0.1) is 6.54 Å². The van der Waals surface area contributed by atoms with E-state index >= 15 is 0 Å². The average Bonchev–Trinajstić information content (AvgIpc) is 2.92. The standard InChI is InChI=1S/C13H13FN2O2/c14-10-5-3-9(4-6-10)8-16-12(17)11-2-1-7-15(11)13(16)18/h3-6,11H,1-2,7-8H2/t11-/m0/s1. The molecule has 1 aromatic carbocycles. The van der Waals surface area contributed by atoms with Crippen LogP contribution < -0.4 is 0 Å². The number of carbonyl (C=O) groups is 2. The van der Waals surface area contributed by atoms with E-state index in [-0.39, 0.29) is 30.3 Å². The molecule has 0 radical (unpaired) electrons. The molecule has 3 amide bonds. The Balaban J connectivity index is 1.79. The van der Waals surface area contributed by atoms with Crippen LogP contribution in [0.1, 0.15) is 18.4 Å². The van der Waals surface area contributed by atoms with E-state index in [0.29, 0.717) is 6.54 Å². The molecule has 0 saturated carbocycles. The second kappa shape index (κ2) is 4.08. The van der Waals surface area contributed by atoms with E-state index in [1.807, 2.05) is 0 Å². The van der Waals surface area contributed by atoms with Gasteiger partial charge < -0.3 is 4.90 Å². The fourth-order valence-corrected chi connectivity index (χ4v) is 2.60. The Morgan fingerprint density at radius 1 is 1.22 bits per heavy atom. The lowest BCUT2D eigenvalue weighted by molar-refractivity contribution is -0.128. The second-order valence-electron chi connectivity index (χ2n) is 4.68. The number of urea groups is 1. The Morgan fingerprint density at radius 3 is 2.61 bits per heavy atom. The third kappa shape index (κ3) is 1.66. The highest BCUT2D eigenvalue weighted by Crippen LogP contribution is 2.28. The third-order valence-corrected chi connectivity index (χ3v) is 3.53. The fourth-order valence-electron chi connectivity index (χ4n) is 2.60. The maximum atomic E-state index is 12.8. The van der Waals surface area contributed by atoms with Gasteiger partial charge >= 0.3 is 6.03 Å². The molecule has 2 saturated heterocycles. The monoisotopic (exact) mass is 248 g/mol. The zero-order valence-corrected chi connectivity index (χ0v) is 9.80. The molecule has 1 atom stereocenters. The van der Waals surface area contributed by atoms with Gasteiger partial charge in [-0.15, -0.1) is 0 Å². The van der Waals surface area contributed by atoms with Crippen molar-refractivity contribution in [1.29, 1.82) is 0 Å². The van der Waals surface area contributed by atoms with Crippen LogP contribution in [0.3, 0.4) is 0 Å². The molecule has 2 heterocycles. The maximum Gasteiger partial charge on any atom is 0.327 e. The van der Waals surface area contributed by atoms with Crippen LogP contribution in [0.25, 0.3) is 0 Å². The predicted molar refractivity (Wildman–Crippen MR) is 62.1 cm³/mol. The smallest absolute Gasteiger partial charge is 0.312 e. The summed E-state index contributed by atoms with van der Waals surface area (Å²) in [4.78, 5) is 27.0. The van der Waals surface area contributed by atoms with Gasteiger partial charge in [-0.1, -0.05) is 12.1 Å². The van der Waals surface area contributed by atoms with Gasteiger partial charge in [-0.2, -0.15) is 0 Å². The Hall–Kier alpha value is -1.91. The summed E-state index contributed by atoms with van der Waals surface area (Å²) in [5.41, 5.74) is 0.763. The number of fused-ring (bicyclic) bond motifs is 1. The number of nitrogens with zero attached hydrogens (tertiary/aromatic N) is 2. The summed E-state index contributed by atoms with van der Waals surface area (Å²) in [6, 6.07) is 5.38. The van der Waals surface area contributed by atoms with E-state index in [1.54, 1.807) is 17.0 Å². The normalized spacial score (nSPS) is 22.8. The summed E-state index contributed by atoms with van der Waals surface area (Å²) in [6.45, 7) is 0.889. The molecule has 0 bridgehead atoms. The summed E-state index contributed by atoms with van der Waals surface area (Å²) in [5.74, 6) is -0.444. The van der Waals surface area contributed by atoms with E-state index < -0.39 is 0 Å². The number of hydrogen-bond acceptors (Lipinski definition) is 2. The van der Waals surface area contributed by atoms with Crippen LogP contribution in [0.4, 0.5) is 9.18 Å². The Bertz CT molecular complexity index is 478. The molecule has 2 fully saturated rings. The minimum Gasteiger partial charge on any atom is -0.312 e. The molecule has 0 unspecified atom stereocenters. The summed E-state index contributed by atoms with van der Waals surface area (Å²) in [5, 5.41) is 0. The number of halogens is 1. The number of rotatable bonds is 2. The highest BCUT2D eigenvalue weighted by atomic mass is 19.1. The van der Waals surface area contributed by atoms with E-state index in [1.165, 1.54) is 17.0 Å². The SMILES string of the molecule is O=C1[C@@H]2CCCN2C(=O)N1Cc1ccc(F)cc1. The van der Waals surface area contributed by atoms with Gasteiger partial charge in [0.25, 0.3) is 5.91 Å². The molecule has 0 aliphatic carbocycles. The molecule has 5 heteroatoms. The zero-order chi connectivity index (χ0) is 12.7. The summed E-state index contributed by atoms with van der Waals surface area (Å²) < 4.78 is 12.8. The van der Waals surface area contributed by atoms with Gasteiger partial charge in [0.2, 0.25) is 0 Å². The lowest BCUT2D eigenvalue weighted by Crippen LogP contribution is -2.32. The first kappa shape index (κ1) is 11.2. The van der Waals surface area contributed by atoms with Gasteiger partial charge in [0, 0.05) is 6.54 Å². The summed E-state index contributed by atoms with van der Waals surface area (Å²) >= 11 is 0. The van der Waals surface area contributed by atoms with E-state index in [0.717, 1.165) is 18.4 Å². The number of amides is 3. The lowest BCUT2D eigenvalue weighted by Gasteiger charge is -2.15. The zero-order valence-electron chi connectivity index (χ0n) is 9.80. The highest BCUT2D eigenvalue weighted by molar-refractivity contribution is 6.04. The molecular weight excluding hydrogens is 235 g/mol. The highest BCUT2D eigenvalue weighted by Gasteiger charge is 2.46. The molecule has 0 aromatic heterocycles. The number of hydrogen-bond donors (Lipinski definition) is 0. The summed E-state index contributed by atoms with van der Waals surface area (Å²) in [6.07, 6.45) is 1.65. The molecule has 2 aliphatic heterocycles. The molecule has 2 aliphatic rings. The number of carbonyl (C=O) groups excluding carboxylic acids is 2.